The molecule has 0 aliphatic carbocycles. The van der Waals surface area contributed by atoms with E-state index in [4.69, 9.17) is 4.74 Å². The van der Waals surface area contributed by atoms with Crippen molar-refractivity contribution in [3.05, 3.63) is 59.7 Å². The van der Waals surface area contributed by atoms with Crippen LogP contribution in [0.15, 0.2) is 42.7 Å². The summed E-state index contributed by atoms with van der Waals surface area (Å²) in [4.78, 5) is 71.7. The van der Waals surface area contributed by atoms with Crippen LogP contribution in [0.4, 0.5) is 10.5 Å². The van der Waals surface area contributed by atoms with Gasteiger partial charge in [-0.1, -0.05) is 36.4 Å². The Balaban J connectivity index is 1.52. The molecule has 0 bridgehead atoms. The molecular weight excluding hydrogens is 656 g/mol. The Labute approximate surface area is 298 Å². The average Bonchev–Trinajstić information content (AvgIpc) is 3.55. The molecule has 51 heavy (non-hydrogen) atoms. The van der Waals surface area contributed by atoms with Crippen LogP contribution in [-0.4, -0.2) is 105 Å². The van der Waals surface area contributed by atoms with Gasteiger partial charge in [0.25, 0.3) is 5.91 Å². The lowest BCUT2D eigenvalue weighted by atomic mass is 9.96. The predicted molar refractivity (Wildman–Crippen MR) is 189 cm³/mol. The molecule has 1 saturated heterocycles. The summed E-state index contributed by atoms with van der Waals surface area (Å²) >= 11 is 0. The molecule has 1 unspecified atom stereocenters. The molecule has 0 radical (unpaired) electrons. The maximum atomic E-state index is 13.6. The predicted octanol–water partition coefficient (Wildman–Crippen LogP) is 3.48. The number of anilines is 1. The smallest absolute Gasteiger partial charge is 0.410 e. The summed E-state index contributed by atoms with van der Waals surface area (Å²) < 4.78 is 11.8. The van der Waals surface area contributed by atoms with E-state index in [0.717, 1.165) is 17.5 Å². The van der Waals surface area contributed by atoms with Crippen LogP contribution < -0.4 is 10.6 Å². The molecule has 1 aliphatic rings. The van der Waals surface area contributed by atoms with Gasteiger partial charge in [-0.15, -0.1) is 5.10 Å². The highest BCUT2D eigenvalue weighted by molar-refractivity contribution is 6.03. The van der Waals surface area contributed by atoms with Crippen molar-refractivity contribution in [1.29, 1.82) is 0 Å². The van der Waals surface area contributed by atoms with Gasteiger partial charge >= 0.3 is 12.1 Å². The number of aryl methyl sites for hydroxylation is 2. The molecule has 1 aromatic carbocycles. The molecule has 15 nitrogen and oxygen atoms in total. The van der Waals surface area contributed by atoms with E-state index in [1.165, 1.54) is 16.7 Å². The van der Waals surface area contributed by atoms with Crippen molar-refractivity contribution in [2.24, 2.45) is 5.92 Å². The zero-order valence-electron chi connectivity index (χ0n) is 30.2. The number of aromatic nitrogens is 4. The quantitative estimate of drug-likeness (QED) is 0.236. The van der Waals surface area contributed by atoms with Crippen LogP contribution in [0.25, 0.3) is 11.1 Å². The molecule has 0 spiro atoms. The molecule has 2 N–H and O–H groups in total. The number of hydrogen-bond acceptors (Lipinski definition) is 10. The Hall–Kier alpha value is -5.34. The van der Waals surface area contributed by atoms with E-state index in [-0.39, 0.29) is 61.7 Å². The van der Waals surface area contributed by atoms with E-state index in [1.54, 1.807) is 51.2 Å². The summed E-state index contributed by atoms with van der Waals surface area (Å²) in [5.41, 5.74) is 2.64. The number of amides is 4. The summed E-state index contributed by atoms with van der Waals surface area (Å²) in [7, 11) is 3.06. The van der Waals surface area contributed by atoms with Crippen molar-refractivity contribution in [3.8, 4) is 11.1 Å². The largest absolute Gasteiger partial charge is 0.469 e. The fourth-order valence-corrected chi connectivity index (χ4v) is 5.49. The van der Waals surface area contributed by atoms with E-state index in [9.17, 15) is 24.0 Å². The van der Waals surface area contributed by atoms with Crippen molar-refractivity contribution in [3.63, 3.8) is 0 Å². The molecule has 0 saturated carbocycles. The topological polar surface area (TPSA) is 178 Å². The number of benzene rings is 1. The van der Waals surface area contributed by atoms with E-state index in [1.807, 2.05) is 24.3 Å². The molecule has 1 atom stereocenters. The Morgan fingerprint density at radius 3 is 2.61 bits per heavy atom. The Morgan fingerprint density at radius 2 is 1.90 bits per heavy atom. The van der Waals surface area contributed by atoms with E-state index in [2.05, 4.69) is 37.6 Å². The van der Waals surface area contributed by atoms with Gasteiger partial charge in [-0.05, 0) is 56.7 Å². The number of nitrogens with one attached hydrogen (secondary N) is 2. The number of methoxy groups -OCH3 is 1. The summed E-state index contributed by atoms with van der Waals surface area (Å²) in [5.74, 6) is -1.59. The lowest BCUT2D eigenvalue weighted by Gasteiger charge is -2.33. The second-order valence-electron chi connectivity index (χ2n) is 13.6. The van der Waals surface area contributed by atoms with Crippen molar-refractivity contribution in [2.45, 2.75) is 71.9 Å². The summed E-state index contributed by atoms with van der Waals surface area (Å²) in [6.07, 6.45) is 4.88. The highest BCUT2D eigenvalue weighted by Crippen LogP contribution is 2.26. The number of pyridine rings is 1. The van der Waals surface area contributed by atoms with Gasteiger partial charge in [-0.3, -0.25) is 28.8 Å². The number of ether oxygens (including phenoxy) is 2. The van der Waals surface area contributed by atoms with Crippen LogP contribution in [0.5, 0.6) is 0 Å². The Kier molecular flexibility index (Phi) is 13.2. The normalized spacial score (nSPS) is 14.5. The van der Waals surface area contributed by atoms with Crippen LogP contribution in [-0.2, 0) is 43.2 Å². The van der Waals surface area contributed by atoms with Crippen LogP contribution in [0, 0.1) is 5.92 Å². The summed E-state index contributed by atoms with van der Waals surface area (Å²) in [6, 6.07) is 9.59. The molecule has 3 aromatic rings. The third-order valence-electron chi connectivity index (χ3n) is 8.30. The van der Waals surface area contributed by atoms with E-state index >= 15 is 0 Å². The lowest BCUT2D eigenvalue weighted by molar-refractivity contribution is -0.141. The first-order valence-corrected chi connectivity index (χ1v) is 17.1. The number of rotatable bonds is 14. The Morgan fingerprint density at radius 1 is 1.12 bits per heavy atom. The maximum Gasteiger partial charge on any atom is 0.410 e. The molecule has 274 valence electrons. The SMILES string of the molecule is CCc1cccc(-c2cnc(C(=O)NCCc3cn(CCC(=O)OC)nn3)c(NC(=O)CN(CC3CCN(C)C(=O)C3)C(=O)OC(C)(C)C)c2)c1. The maximum absolute atomic E-state index is 13.6. The van der Waals surface area contributed by atoms with Gasteiger partial charge in [0.2, 0.25) is 11.8 Å². The monoisotopic (exact) mass is 704 g/mol. The van der Waals surface area contributed by atoms with Crippen LogP contribution >= 0.6 is 0 Å². The number of likely N-dealkylation sites (tertiary alicyclic amines) is 1. The lowest BCUT2D eigenvalue weighted by Crippen LogP contribution is -2.46. The minimum Gasteiger partial charge on any atom is -0.469 e. The van der Waals surface area contributed by atoms with Crippen molar-refractivity contribution in [1.82, 2.24) is 35.1 Å². The second kappa shape index (κ2) is 17.5. The molecule has 4 amide bonds. The molecule has 1 fully saturated rings. The van der Waals surface area contributed by atoms with E-state index in [0.29, 0.717) is 37.2 Å². The van der Waals surface area contributed by atoms with Gasteiger partial charge < -0.3 is 25.0 Å². The Bertz CT molecular complexity index is 1720. The third-order valence-corrected chi connectivity index (χ3v) is 8.30. The number of hydrogen-bond donors (Lipinski definition) is 2. The highest BCUT2D eigenvalue weighted by Gasteiger charge is 2.30. The second-order valence-corrected chi connectivity index (χ2v) is 13.6. The van der Waals surface area contributed by atoms with Gasteiger partial charge in [0.1, 0.15) is 12.1 Å². The third kappa shape index (κ3) is 11.6. The zero-order chi connectivity index (χ0) is 37.1. The van der Waals surface area contributed by atoms with Gasteiger partial charge in [0.15, 0.2) is 5.69 Å². The van der Waals surface area contributed by atoms with Crippen molar-refractivity contribution < 1.29 is 33.4 Å². The molecular formula is C36H48N8O7. The fraction of sp³-hybridized carbons (Fsp3) is 0.500. The van der Waals surface area contributed by atoms with Crippen molar-refractivity contribution in [2.75, 3.05) is 45.7 Å². The first kappa shape index (κ1) is 38.5. The van der Waals surface area contributed by atoms with E-state index < -0.39 is 23.5 Å². The molecule has 1 aliphatic heterocycles. The standard InChI is InChI=1S/C36H48N8O7/c1-7-24-9-8-10-26(17-24)27-19-29(33(38-20-27)34(48)37-14-11-28-22-44(41-40-28)16-13-32(47)50-6)39-30(45)23-43(35(49)51-36(2,3)4)21-25-12-15-42(5)31(46)18-25/h8-10,17,19-20,22,25H,7,11-16,18,21,23H2,1-6H3,(H,37,48)(H,39,45). The fourth-order valence-electron chi connectivity index (χ4n) is 5.49. The molecule has 15 heteroatoms. The average molecular weight is 705 g/mol. The summed E-state index contributed by atoms with van der Waals surface area (Å²) in [5, 5.41) is 13.7. The van der Waals surface area contributed by atoms with Gasteiger partial charge in [0.05, 0.1) is 31.5 Å². The minimum atomic E-state index is -0.803. The number of esters is 1. The van der Waals surface area contributed by atoms with Crippen LogP contribution in [0.1, 0.15) is 68.7 Å². The van der Waals surface area contributed by atoms with Crippen LogP contribution in [0.3, 0.4) is 0 Å². The first-order valence-electron chi connectivity index (χ1n) is 17.1. The number of carbonyl (C=O) groups excluding carboxylic acids is 5. The molecule has 4 rings (SSSR count). The zero-order valence-corrected chi connectivity index (χ0v) is 30.2. The van der Waals surface area contributed by atoms with Gasteiger partial charge in [0, 0.05) is 57.5 Å². The number of carbonyl (C=O) groups is 5. The molecule has 2 aromatic heterocycles. The minimum absolute atomic E-state index is 0.00906. The van der Waals surface area contributed by atoms with Gasteiger partial charge in [-0.2, -0.15) is 0 Å². The number of piperidine rings is 1. The highest BCUT2D eigenvalue weighted by atomic mass is 16.6. The number of nitrogens with zero attached hydrogens (tertiary/aromatic N) is 6. The molecule has 3 heterocycles. The van der Waals surface area contributed by atoms with Crippen LogP contribution in [0.2, 0.25) is 0 Å². The van der Waals surface area contributed by atoms with Crippen molar-refractivity contribution >= 4 is 35.5 Å². The van der Waals surface area contributed by atoms with Gasteiger partial charge in [-0.25, -0.2) is 9.78 Å². The summed E-state index contributed by atoms with van der Waals surface area (Å²) in [6.45, 7) is 8.14. The first-order chi connectivity index (χ1) is 24.2.